The van der Waals surface area contributed by atoms with Gasteiger partial charge in [-0.25, -0.2) is 22.0 Å². The number of carbonyl (C=O) groups is 2. The third-order valence-electron chi connectivity index (χ3n) is 4.00. The molecule has 0 fully saturated rings. The van der Waals surface area contributed by atoms with Crippen molar-refractivity contribution < 1.29 is 49.8 Å². The Balaban J connectivity index is 2.21. The molecule has 2 aromatic carbocycles. The molecule has 0 saturated heterocycles. The van der Waals surface area contributed by atoms with Crippen LogP contribution in [0.25, 0.3) is 11.1 Å². The molecule has 0 spiro atoms. The minimum absolute atomic E-state index is 0.209. The first-order chi connectivity index (χ1) is 13.5. The third-order valence-corrected chi connectivity index (χ3v) is 4.00. The van der Waals surface area contributed by atoms with Crippen LogP contribution >= 0.6 is 0 Å². The number of methoxy groups -OCH3 is 1. The molecule has 0 aliphatic carbocycles. The highest BCUT2D eigenvalue weighted by Gasteiger charge is 2.51. The standard InChI is InChI=1S/C17H8F7NO4/c1-28-9(26)5-25-7-4-6(2-3-8(7)29-17(23,24)16(25)27)10-11(18)13(20)15(22)14(21)12(10)19/h2-4H,5H2,1H3. The van der Waals surface area contributed by atoms with Crippen molar-refractivity contribution in [2.45, 2.75) is 6.11 Å². The average Bonchev–Trinajstić information content (AvgIpc) is 2.68. The molecule has 154 valence electrons. The van der Waals surface area contributed by atoms with Crippen LogP contribution in [0.2, 0.25) is 0 Å². The van der Waals surface area contributed by atoms with E-state index in [1.54, 1.807) is 0 Å². The van der Waals surface area contributed by atoms with Gasteiger partial charge in [0, 0.05) is 0 Å². The van der Waals surface area contributed by atoms with Gasteiger partial charge in [0.15, 0.2) is 29.0 Å². The van der Waals surface area contributed by atoms with Crippen molar-refractivity contribution in [1.29, 1.82) is 0 Å². The summed E-state index contributed by atoms with van der Waals surface area (Å²) >= 11 is 0. The number of ether oxygens (including phenoxy) is 2. The highest BCUT2D eigenvalue weighted by Crippen LogP contribution is 2.42. The number of rotatable bonds is 3. The molecule has 1 amide bonds. The zero-order chi connectivity index (χ0) is 21.7. The van der Waals surface area contributed by atoms with Gasteiger partial charge in [-0.1, -0.05) is 6.07 Å². The molecule has 0 aromatic heterocycles. The minimum atomic E-state index is -4.37. The number of halogens is 7. The van der Waals surface area contributed by atoms with Crippen LogP contribution in [0.4, 0.5) is 36.4 Å². The Kier molecular flexibility index (Phi) is 4.89. The first-order valence-corrected chi connectivity index (χ1v) is 7.61. The van der Waals surface area contributed by atoms with Gasteiger partial charge in [-0.2, -0.15) is 8.78 Å². The number of hydrogen-bond donors (Lipinski definition) is 0. The maximum Gasteiger partial charge on any atom is 0.482 e. The number of esters is 1. The van der Waals surface area contributed by atoms with Crippen molar-refractivity contribution in [1.82, 2.24) is 0 Å². The van der Waals surface area contributed by atoms with E-state index in [4.69, 9.17) is 0 Å². The molecule has 0 bridgehead atoms. The molecule has 29 heavy (non-hydrogen) atoms. The second kappa shape index (κ2) is 6.94. The summed E-state index contributed by atoms with van der Waals surface area (Å²) in [5, 5.41) is 0. The number of hydrogen-bond acceptors (Lipinski definition) is 4. The summed E-state index contributed by atoms with van der Waals surface area (Å²) in [6.45, 7) is -1.03. The molecule has 12 heteroatoms. The first kappa shape index (κ1) is 20.4. The average molecular weight is 423 g/mol. The van der Waals surface area contributed by atoms with Gasteiger partial charge in [0.2, 0.25) is 5.82 Å². The van der Waals surface area contributed by atoms with E-state index in [0.717, 1.165) is 19.2 Å². The third kappa shape index (κ3) is 3.23. The van der Waals surface area contributed by atoms with E-state index in [1.165, 1.54) is 0 Å². The Labute approximate surface area is 157 Å². The van der Waals surface area contributed by atoms with Gasteiger partial charge in [-0.3, -0.25) is 14.5 Å². The number of anilines is 1. The van der Waals surface area contributed by atoms with Crippen molar-refractivity contribution in [3.63, 3.8) is 0 Å². The van der Waals surface area contributed by atoms with E-state index in [2.05, 4.69) is 9.47 Å². The maximum absolute atomic E-state index is 14.1. The van der Waals surface area contributed by atoms with E-state index in [9.17, 15) is 40.3 Å². The van der Waals surface area contributed by atoms with Gasteiger partial charge in [-0.15, -0.1) is 0 Å². The lowest BCUT2D eigenvalue weighted by Gasteiger charge is -2.33. The highest BCUT2D eigenvalue weighted by atomic mass is 19.3. The topological polar surface area (TPSA) is 55.8 Å². The molecule has 5 nitrogen and oxygen atoms in total. The van der Waals surface area contributed by atoms with E-state index in [0.29, 0.717) is 6.07 Å². The number of benzene rings is 2. The number of fused-ring (bicyclic) bond motifs is 1. The van der Waals surface area contributed by atoms with E-state index in [-0.39, 0.29) is 4.90 Å². The predicted octanol–water partition coefficient (Wildman–Crippen LogP) is 3.54. The molecule has 1 aliphatic heterocycles. The smallest absolute Gasteiger partial charge is 0.468 e. The Bertz CT molecular complexity index is 1010. The largest absolute Gasteiger partial charge is 0.482 e. The zero-order valence-electron chi connectivity index (χ0n) is 14.2. The summed E-state index contributed by atoms with van der Waals surface area (Å²) in [5.41, 5.74) is -2.56. The first-order valence-electron chi connectivity index (χ1n) is 7.61. The molecule has 0 N–H and O–H groups in total. The molecule has 0 unspecified atom stereocenters. The van der Waals surface area contributed by atoms with Crippen LogP contribution in [0.3, 0.4) is 0 Å². The lowest BCUT2D eigenvalue weighted by Crippen LogP contribution is -2.52. The summed E-state index contributed by atoms with van der Waals surface area (Å²) in [4.78, 5) is 23.6. The molecular formula is C17H8F7NO4. The van der Waals surface area contributed by atoms with E-state index in [1.807, 2.05) is 0 Å². The Morgan fingerprint density at radius 3 is 2.14 bits per heavy atom. The predicted molar refractivity (Wildman–Crippen MR) is 81.6 cm³/mol. The summed E-state index contributed by atoms with van der Waals surface area (Å²) in [7, 11) is 0.914. The second-order valence-corrected chi connectivity index (χ2v) is 5.71. The Morgan fingerprint density at radius 2 is 1.59 bits per heavy atom. The summed E-state index contributed by atoms with van der Waals surface area (Å²) in [6.07, 6.45) is -4.37. The van der Waals surface area contributed by atoms with Crippen LogP contribution in [-0.4, -0.2) is 31.6 Å². The molecule has 3 rings (SSSR count). The van der Waals surface area contributed by atoms with E-state index < -0.39 is 76.2 Å². The van der Waals surface area contributed by atoms with Crippen LogP contribution in [0.1, 0.15) is 0 Å². The minimum Gasteiger partial charge on any atom is -0.468 e. The lowest BCUT2D eigenvalue weighted by atomic mass is 10.0. The van der Waals surface area contributed by atoms with Crippen LogP contribution in [0.15, 0.2) is 18.2 Å². The summed E-state index contributed by atoms with van der Waals surface area (Å²) < 4.78 is 104. The fourth-order valence-electron chi connectivity index (χ4n) is 2.63. The fourth-order valence-corrected chi connectivity index (χ4v) is 2.63. The van der Waals surface area contributed by atoms with Gasteiger partial charge in [0.1, 0.15) is 6.54 Å². The fraction of sp³-hybridized carbons (Fsp3) is 0.176. The molecule has 1 aliphatic rings. The van der Waals surface area contributed by atoms with E-state index >= 15 is 0 Å². The lowest BCUT2D eigenvalue weighted by molar-refractivity contribution is -0.193. The van der Waals surface area contributed by atoms with Crippen LogP contribution in [0.5, 0.6) is 5.75 Å². The van der Waals surface area contributed by atoms with Crippen molar-refractivity contribution in [2.24, 2.45) is 0 Å². The van der Waals surface area contributed by atoms with Gasteiger partial charge >= 0.3 is 18.0 Å². The summed E-state index contributed by atoms with van der Waals surface area (Å²) in [5.74, 6) is -15.0. The van der Waals surface area contributed by atoms with Crippen molar-refractivity contribution in [3.05, 3.63) is 47.3 Å². The molecule has 2 aromatic rings. The van der Waals surface area contributed by atoms with Crippen LogP contribution in [0, 0.1) is 29.1 Å². The number of amides is 1. The van der Waals surface area contributed by atoms with Crippen molar-refractivity contribution >= 4 is 17.6 Å². The molecule has 1 heterocycles. The molecular weight excluding hydrogens is 415 g/mol. The van der Waals surface area contributed by atoms with Crippen molar-refractivity contribution in [2.75, 3.05) is 18.6 Å². The zero-order valence-corrected chi connectivity index (χ0v) is 14.2. The van der Waals surface area contributed by atoms with Crippen molar-refractivity contribution in [3.8, 4) is 16.9 Å². The van der Waals surface area contributed by atoms with Gasteiger partial charge in [-0.05, 0) is 17.7 Å². The SMILES string of the molecule is COC(=O)CN1C(=O)C(F)(F)Oc2ccc(-c3c(F)c(F)c(F)c(F)c3F)cc21. The number of nitrogens with zero attached hydrogens (tertiary/aromatic N) is 1. The second-order valence-electron chi connectivity index (χ2n) is 5.71. The highest BCUT2D eigenvalue weighted by molar-refractivity contribution is 6.04. The van der Waals surface area contributed by atoms with Gasteiger partial charge in [0.25, 0.3) is 0 Å². The molecule has 0 atom stereocenters. The van der Waals surface area contributed by atoms with Crippen LogP contribution < -0.4 is 9.64 Å². The van der Waals surface area contributed by atoms with Gasteiger partial charge in [0.05, 0.1) is 18.4 Å². The summed E-state index contributed by atoms with van der Waals surface area (Å²) in [6, 6.07) is 2.15. The van der Waals surface area contributed by atoms with Crippen LogP contribution in [-0.2, 0) is 14.3 Å². The maximum atomic E-state index is 14.1. The van der Waals surface area contributed by atoms with Gasteiger partial charge < -0.3 is 9.47 Å². The number of alkyl halides is 2. The molecule has 0 radical (unpaired) electrons. The molecule has 0 saturated carbocycles. The normalized spacial score (nSPS) is 15.0. The number of carbonyl (C=O) groups excluding carboxylic acids is 2. The monoisotopic (exact) mass is 423 g/mol. The quantitative estimate of drug-likeness (QED) is 0.328. The Hall–Kier alpha value is -3.31. The Morgan fingerprint density at radius 1 is 1.03 bits per heavy atom.